The molecule has 2 fully saturated rings. The van der Waals surface area contributed by atoms with Gasteiger partial charge in [0.15, 0.2) is 0 Å². The predicted molar refractivity (Wildman–Crippen MR) is 110 cm³/mol. The molecular weight excluding hydrogens is 386 g/mol. The van der Waals surface area contributed by atoms with Gasteiger partial charge in [-0.05, 0) is 36.6 Å². The van der Waals surface area contributed by atoms with Crippen molar-refractivity contribution in [2.45, 2.75) is 24.7 Å². The van der Waals surface area contributed by atoms with Gasteiger partial charge in [-0.25, -0.2) is 0 Å². The lowest BCUT2D eigenvalue weighted by molar-refractivity contribution is -0.108. The minimum absolute atomic E-state index is 0.0411. The molecule has 1 aliphatic carbocycles. The molecule has 0 bridgehead atoms. The Hall–Kier alpha value is -2.68. The Balaban J connectivity index is 1.41. The molecule has 1 saturated carbocycles. The number of methoxy groups -OCH3 is 2. The second-order valence-corrected chi connectivity index (χ2v) is 7.79. The van der Waals surface area contributed by atoms with Gasteiger partial charge in [0.1, 0.15) is 11.8 Å². The monoisotopic (exact) mass is 413 g/mol. The summed E-state index contributed by atoms with van der Waals surface area (Å²) in [6, 6.07) is 11.0. The average Bonchev–Trinajstić information content (AvgIpc) is 3.56. The molecule has 2 heterocycles. The number of hydrogen-bond donors (Lipinski definition) is 2. The number of aliphatic hydroxyl groups excluding tert-OH is 1. The summed E-state index contributed by atoms with van der Waals surface area (Å²) in [5.41, 5.74) is 1.36. The summed E-state index contributed by atoms with van der Waals surface area (Å²) in [5, 5.41) is 20.4. The molecule has 1 aliphatic heterocycles. The Bertz CT molecular complexity index is 905. The quantitative estimate of drug-likeness (QED) is 0.738. The highest BCUT2D eigenvalue weighted by atomic mass is 16.5. The Morgan fingerprint density at radius 2 is 1.70 bits per heavy atom. The van der Waals surface area contributed by atoms with E-state index in [1.807, 2.05) is 23.1 Å². The molecule has 8 heteroatoms. The van der Waals surface area contributed by atoms with E-state index in [0.29, 0.717) is 56.3 Å². The fraction of sp³-hybridized carbons (Fsp3) is 0.455. The third-order valence-electron chi connectivity index (χ3n) is 5.87. The zero-order valence-electron chi connectivity index (χ0n) is 17.2. The molecule has 0 spiro atoms. The van der Waals surface area contributed by atoms with E-state index in [4.69, 9.17) is 9.47 Å². The predicted octanol–water partition coefficient (Wildman–Crippen LogP) is 1.37. The molecule has 2 N–H and O–H groups in total. The standard InChI is InChI=1S/C22H27N3O5/c1-29-18-8-7-17(19(23-18)30-2)15-3-5-16(6-4-15)20(26)24-11-13-25(14-12-24)21(27)22(28)9-10-22/h3-8,21,27-28H,9-14H2,1-2H3. The molecule has 2 aromatic rings. The zero-order valence-corrected chi connectivity index (χ0v) is 17.2. The summed E-state index contributed by atoms with van der Waals surface area (Å²) in [6.45, 7) is 2.12. The highest BCUT2D eigenvalue weighted by molar-refractivity contribution is 5.95. The molecule has 4 rings (SSSR count). The number of pyridine rings is 1. The van der Waals surface area contributed by atoms with Crippen LogP contribution in [0.2, 0.25) is 0 Å². The Morgan fingerprint density at radius 1 is 1.03 bits per heavy atom. The smallest absolute Gasteiger partial charge is 0.253 e. The highest BCUT2D eigenvalue weighted by Crippen LogP contribution is 2.39. The number of benzene rings is 1. The normalized spacial score (nSPS) is 19.3. The maximum Gasteiger partial charge on any atom is 0.253 e. The second kappa shape index (κ2) is 8.22. The van der Waals surface area contributed by atoms with Gasteiger partial charge in [-0.1, -0.05) is 12.1 Å². The second-order valence-electron chi connectivity index (χ2n) is 7.79. The van der Waals surface area contributed by atoms with Crippen LogP contribution in [0.4, 0.5) is 0 Å². The first kappa shape index (κ1) is 20.6. The molecule has 8 nitrogen and oxygen atoms in total. The van der Waals surface area contributed by atoms with Crippen molar-refractivity contribution in [1.82, 2.24) is 14.8 Å². The largest absolute Gasteiger partial charge is 0.481 e. The van der Waals surface area contributed by atoms with Gasteiger partial charge in [-0.2, -0.15) is 4.98 Å². The van der Waals surface area contributed by atoms with E-state index >= 15 is 0 Å². The number of carbonyl (C=O) groups is 1. The van der Waals surface area contributed by atoms with Gasteiger partial charge >= 0.3 is 0 Å². The van der Waals surface area contributed by atoms with Crippen LogP contribution in [-0.4, -0.2) is 83.1 Å². The lowest BCUT2D eigenvalue weighted by Gasteiger charge is -2.38. The molecule has 1 saturated heterocycles. The fourth-order valence-electron chi connectivity index (χ4n) is 3.78. The van der Waals surface area contributed by atoms with Crippen LogP contribution in [0.25, 0.3) is 11.1 Å². The van der Waals surface area contributed by atoms with Crippen LogP contribution in [-0.2, 0) is 0 Å². The van der Waals surface area contributed by atoms with Gasteiger partial charge in [-0.15, -0.1) is 0 Å². The number of carbonyl (C=O) groups excluding carboxylic acids is 1. The van der Waals surface area contributed by atoms with Crippen LogP contribution in [0.3, 0.4) is 0 Å². The highest BCUT2D eigenvalue weighted by Gasteiger charge is 2.50. The summed E-state index contributed by atoms with van der Waals surface area (Å²) in [5.74, 6) is 0.890. The number of aromatic nitrogens is 1. The molecule has 1 aromatic heterocycles. The lowest BCUT2D eigenvalue weighted by atomic mass is 10.0. The third kappa shape index (κ3) is 3.98. The van der Waals surface area contributed by atoms with Crippen LogP contribution >= 0.6 is 0 Å². The van der Waals surface area contributed by atoms with E-state index < -0.39 is 11.8 Å². The molecule has 1 atom stereocenters. The van der Waals surface area contributed by atoms with Crippen molar-refractivity contribution >= 4 is 5.91 Å². The molecule has 1 unspecified atom stereocenters. The number of aliphatic hydroxyl groups is 2. The van der Waals surface area contributed by atoms with Crippen LogP contribution in [0.1, 0.15) is 23.2 Å². The Labute approximate surface area is 175 Å². The van der Waals surface area contributed by atoms with E-state index in [0.717, 1.165) is 11.1 Å². The first-order valence-electron chi connectivity index (χ1n) is 10.1. The molecule has 1 amide bonds. The summed E-state index contributed by atoms with van der Waals surface area (Å²) in [7, 11) is 3.11. The van der Waals surface area contributed by atoms with Gasteiger partial charge in [0, 0.05) is 43.4 Å². The van der Waals surface area contributed by atoms with Crippen molar-refractivity contribution < 1.29 is 24.5 Å². The maximum absolute atomic E-state index is 12.9. The zero-order chi connectivity index (χ0) is 21.3. The van der Waals surface area contributed by atoms with Gasteiger partial charge < -0.3 is 24.6 Å². The first-order chi connectivity index (χ1) is 14.4. The number of ether oxygens (including phenoxy) is 2. The van der Waals surface area contributed by atoms with Crippen LogP contribution in [0.5, 0.6) is 11.8 Å². The summed E-state index contributed by atoms with van der Waals surface area (Å²) in [6.07, 6.45) is 0.421. The van der Waals surface area contributed by atoms with Crippen molar-refractivity contribution in [3.8, 4) is 22.9 Å². The minimum Gasteiger partial charge on any atom is -0.481 e. The molecule has 160 valence electrons. The summed E-state index contributed by atoms with van der Waals surface area (Å²) < 4.78 is 10.5. The van der Waals surface area contributed by atoms with Crippen LogP contribution in [0.15, 0.2) is 36.4 Å². The SMILES string of the molecule is COc1ccc(-c2ccc(C(=O)N3CCN(C(O)C4(O)CC4)CC3)cc2)c(OC)n1. The number of nitrogens with zero attached hydrogens (tertiary/aromatic N) is 3. The molecular formula is C22H27N3O5. The topological polar surface area (TPSA) is 95.4 Å². The van der Waals surface area contributed by atoms with Gasteiger partial charge in [0.2, 0.25) is 11.8 Å². The molecule has 30 heavy (non-hydrogen) atoms. The fourth-order valence-corrected chi connectivity index (χ4v) is 3.78. The average molecular weight is 413 g/mol. The van der Waals surface area contributed by atoms with Gasteiger partial charge in [0.25, 0.3) is 5.91 Å². The summed E-state index contributed by atoms with van der Waals surface area (Å²) >= 11 is 0. The maximum atomic E-state index is 12.9. The van der Waals surface area contributed by atoms with Gasteiger partial charge in [-0.3, -0.25) is 9.69 Å². The van der Waals surface area contributed by atoms with Crippen LogP contribution < -0.4 is 9.47 Å². The number of hydrogen-bond acceptors (Lipinski definition) is 7. The summed E-state index contributed by atoms with van der Waals surface area (Å²) in [4.78, 5) is 20.8. The van der Waals surface area contributed by atoms with Crippen molar-refractivity contribution in [2.75, 3.05) is 40.4 Å². The van der Waals surface area contributed by atoms with E-state index in [2.05, 4.69) is 4.98 Å². The molecule has 2 aliphatic rings. The van der Waals surface area contributed by atoms with E-state index in [1.165, 1.54) is 0 Å². The van der Waals surface area contributed by atoms with Gasteiger partial charge in [0.05, 0.1) is 14.2 Å². The number of piperazine rings is 1. The van der Waals surface area contributed by atoms with Crippen molar-refractivity contribution in [2.24, 2.45) is 0 Å². The van der Waals surface area contributed by atoms with Crippen molar-refractivity contribution in [3.63, 3.8) is 0 Å². The van der Waals surface area contributed by atoms with Crippen LogP contribution in [0, 0.1) is 0 Å². The van der Waals surface area contributed by atoms with E-state index in [9.17, 15) is 15.0 Å². The van der Waals surface area contributed by atoms with Crippen molar-refractivity contribution in [3.05, 3.63) is 42.0 Å². The lowest BCUT2D eigenvalue weighted by Crippen LogP contribution is -2.55. The molecule has 1 aromatic carbocycles. The Kier molecular flexibility index (Phi) is 5.64. The third-order valence-corrected chi connectivity index (χ3v) is 5.87. The minimum atomic E-state index is -0.959. The number of amides is 1. The van der Waals surface area contributed by atoms with E-state index in [-0.39, 0.29) is 5.91 Å². The first-order valence-corrected chi connectivity index (χ1v) is 10.1. The number of rotatable bonds is 6. The molecule has 0 radical (unpaired) electrons. The van der Waals surface area contributed by atoms with Crippen molar-refractivity contribution in [1.29, 1.82) is 0 Å². The van der Waals surface area contributed by atoms with E-state index in [1.54, 1.807) is 37.3 Å². The Morgan fingerprint density at radius 3 is 2.27 bits per heavy atom.